The van der Waals surface area contributed by atoms with Gasteiger partial charge in [-0.15, -0.1) is 0 Å². The first-order chi connectivity index (χ1) is 14.0. The van der Waals surface area contributed by atoms with Crippen LogP contribution in [0.4, 0.5) is 0 Å². The van der Waals surface area contributed by atoms with E-state index < -0.39 is 10.0 Å². The maximum Gasteiger partial charge on any atom is 0.241 e. The van der Waals surface area contributed by atoms with Crippen molar-refractivity contribution in [2.75, 3.05) is 13.2 Å². The van der Waals surface area contributed by atoms with Crippen molar-refractivity contribution in [2.24, 2.45) is 5.92 Å². The summed E-state index contributed by atoms with van der Waals surface area (Å²) in [6.45, 7) is 3.03. The van der Waals surface area contributed by atoms with Crippen molar-refractivity contribution in [3.63, 3.8) is 0 Å². The van der Waals surface area contributed by atoms with Crippen LogP contribution in [0.1, 0.15) is 30.3 Å². The van der Waals surface area contributed by atoms with Crippen LogP contribution in [0.3, 0.4) is 0 Å². The van der Waals surface area contributed by atoms with Crippen LogP contribution in [-0.4, -0.2) is 31.6 Å². The second kappa shape index (κ2) is 8.44. The van der Waals surface area contributed by atoms with Gasteiger partial charge in [0.25, 0.3) is 0 Å². The topological polar surface area (TPSA) is 94.3 Å². The molecule has 0 bridgehead atoms. The molecule has 0 amide bonds. The molecule has 0 spiro atoms. The molecule has 1 aliphatic heterocycles. The number of sulfonamides is 1. The van der Waals surface area contributed by atoms with Gasteiger partial charge in [-0.2, -0.15) is 0 Å². The number of aromatic nitrogens is 2. The number of hydrogen-bond donors (Lipinski definition) is 1. The van der Waals surface area contributed by atoms with Crippen molar-refractivity contribution in [3.8, 4) is 11.3 Å². The van der Waals surface area contributed by atoms with Gasteiger partial charge in [0.05, 0.1) is 10.9 Å². The van der Waals surface area contributed by atoms with Crippen LogP contribution in [-0.2, 0) is 14.8 Å². The van der Waals surface area contributed by atoms with Gasteiger partial charge in [0.2, 0.25) is 10.0 Å². The van der Waals surface area contributed by atoms with Crippen molar-refractivity contribution in [2.45, 2.75) is 30.7 Å². The predicted octanol–water partition coefficient (Wildman–Crippen LogP) is 3.49. The zero-order valence-corrected chi connectivity index (χ0v) is 16.9. The second-order valence-corrected chi connectivity index (χ2v) is 8.83. The van der Waals surface area contributed by atoms with Crippen LogP contribution in [0, 0.1) is 12.8 Å². The number of rotatable bonds is 6. The summed E-state index contributed by atoms with van der Waals surface area (Å²) in [4.78, 5) is 8.65. The zero-order valence-electron chi connectivity index (χ0n) is 16.1. The Hall–Kier alpha value is -2.55. The van der Waals surface area contributed by atoms with E-state index in [4.69, 9.17) is 9.15 Å². The lowest BCUT2D eigenvalue weighted by Gasteiger charge is -2.31. The van der Waals surface area contributed by atoms with Crippen LogP contribution in [0.25, 0.3) is 11.3 Å². The molecule has 3 heterocycles. The molecule has 2 aromatic heterocycles. The molecule has 8 heteroatoms. The SMILES string of the molecule is Cc1nc(-c2ccc(S(=O)(=O)NC(c3cccnc3)C3CCOCC3)cc2)co1. The van der Waals surface area contributed by atoms with Crippen molar-refractivity contribution < 1.29 is 17.6 Å². The molecule has 29 heavy (non-hydrogen) atoms. The van der Waals surface area contributed by atoms with E-state index in [-0.39, 0.29) is 16.9 Å². The van der Waals surface area contributed by atoms with Gasteiger partial charge in [-0.3, -0.25) is 4.98 Å². The molecular formula is C21H23N3O4S. The summed E-state index contributed by atoms with van der Waals surface area (Å²) >= 11 is 0. The molecule has 1 N–H and O–H groups in total. The minimum Gasteiger partial charge on any atom is -0.449 e. The molecule has 7 nitrogen and oxygen atoms in total. The Morgan fingerprint density at radius 3 is 2.52 bits per heavy atom. The predicted molar refractivity (Wildman–Crippen MR) is 108 cm³/mol. The highest BCUT2D eigenvalue weighted by molar-refractivity contribution is 7.89. The number of nitrogens with one attached hydrogen (secondary N) is 1. The number of pyridine rings is 1. The standard InChI is InChI=1S/C21H23N3O4S/c1-15-23-20(14-28-15)16-4-6-19(7-5-16)29(25,26)24-21(17-8-11-27-12-9-17)18-3-2-10-22-13-18/h2-7,10,13-14,17,21,24H,8-9,11-12H2,1H3. The molecule has 0 aliphatic carbocycles. The largest absolute Gasteiger partial charge is 0.449 e. The first kappa shape index (κ1) is 19.8. The van der Waals surface area contributed by atoms with Crippen molar-refractivity contribution in [1.82, 2.24) is 14.7 Å². The number of hydrogen-bond acceptors (Lipinski definition) is 6. The molecule has 0 radical (unpaired) electrons. The van der Waals surface area contributed by atoms with Gasteiger partial charge < -0.3 is 9.15 Å². The minimum absolute atomic E-state index is 0.153. The van der Waals surface area contributed by atoms with Crippen LogP contribution in [0.2, 0.25) is 0 Å². The Kier molecular flexibility index (Phi) is 5.75. The van der Waals surface area contributed by atoms with Gasteiger partial charge in [-0.05, 0) is 42.5 Å². The number of benzene rings is 1. The molecular weight excluding hydrogens is 390 g/mol. The monoisotopic (exact) mass is 413 g/mol. The molecule has 1 atom stereocenters. The Morgan fingerprint density at radius 2 is 1.90 bits per heavy atom. The molecule has 1 aromatic carbocycles. The molecule has 0 saturated carbocycles. The number of oxazole rings is 1. The van der Waals surface area contributed by atoms with Gasteiger partial charge in [0, 0.05) is 38.1 Å². The maximum absolute atomic E-state index is 13.1. The minimum atomic E-state index is -3.71. The summed E-state index contributed by atoms with van der Waals surface area (Å²) < 4.78 is 39.8. The Morgan fingerprint density at radius 1 is 1.14 bits per heavy atom. The average Bonchev–Trinajstić information content (AvgIpc) is 3.20. The molecule has 4 rings (SSSR count). The summed E-state index contributed by atoms with van der Waals surface area (Å²) in [5.41, 5.74) is 2.33. The summed E-state index contributed by atoms with van der Waals surface area (Å²) in [6.07, 6.45) is 6.56. The van der Waals surface area contributed by atoms with Crippen LogP contribution >= 0.6 is 0 Å². The number of nitrogens with zero attached hydrogens (tertiary/aromatic N) is 2. The fourth-order valence-corrected chi connectivity index (χ4v) is 4.87. The normalized spacial score (nSPS) is 16.6. The van der Waals surface area contributed by atoms with Crippen molar-refractivity contribution >= 4 is 10.0 Å². The molecule has 1 saturated heterocycles. The number of ether oxygens (including phenoxy) is 1. The summed E-state index contributed by atoms with van der Waals surface area (Å²) in [5, 5.41) is 0. The van der Waals surface area contributed by atoms with E-state index in [1.165, 1.54) is 0 Å². The highest BCUT2D eigenvalue weighted by Crippen LogP contribution is 2.31. The fourth-order valence-electron chi connectivity index (χ4n) is 3.58. The molecule has 3 aromatic rings. The van der Waals surface area contributed by atoms with Crippen molar-refractivity contribution in [3.05, 3.63) is 66.5 Å². The van der Waals surface area contributed by atoms with Gasteiger partial charge in [-0.1, -0.05) is 18.2 Å². The lowest BCUT2D eigenvalue weighted by atomic mass is 9.88. The second-order valence-electron chi connectivity index (χ2n) is 7.11. The van der Waals surface area contributed by atoms with Gasteiger partial charge in [-0.25, -0.2) is 18.1 Å². The lowest BCUT2D eigenvalue weighted by molar-refractivity contribution is 0.0564. The van der Waals surface area contributed by atoms with Gasteiger partial charge >= 0.3 is 0 Å². The first-order valence-corrected chi connectivity index (χ1v) is 11.0. The van der Waals surface area contributed by atoms with Crippen LogP contribution < -0.4 is 4.72 Å². The van der Waals surface area contributed by atoms with Crippen LogP contribution in [0.15, 0.2) is 64.4 Å². The fraction of sp³-hybridized carbons (Fsp3) is 0.333. The summed E-state index contributed by atoms with van der Waals surface area (Å²) in [7, 11) is -3.71. The van der Waals surface area contributed by atoms with Gasteiger partial charge in [0.15, 0.2) is 5.89 Å². The van der Waals surface area contributed by atoms with Crippen LogP contribution in [0.5, 0.6) is 0 Å². The Bertz CT molecular complexity index is 1040. The van der Waals surface area contributed by atoms with E-state index >= 15 is 0 Å². The first-order valence-electron chi connectivity index (χ1n) is 9.55. The Balaban J connectivity index is 1.59. The smallest absolute Gasteiger partial charge is 0.241 e. The van der Waals surface area contributed by atoms with Crippen molar-refractivity contribution in [1.29, 1.82) is 0 Å². The molecule has 1 unspecified atom stereocenters. The zero-order chi connectivity index (χ0) is 20.3. The maximum atomic E-state index is 13.1. The summed E-state index contributed by atoms with van der Waals surface area (Å²) in [5.74, 6) is 0.717. The molecule has 1 aliphatic rings. The van der Waals surface area contributed by atoms with E-state index in [0.717, 1.165) is 24.0 Å². The highest BCUT2D eigenvalue weighted by atomic mass is 32.2. The third-order valence-electron chi connectivity index (χ3n) is 5.14. The summed E-state index contributed by atoms with van der Waals surface area (Å²) in [6, 6.07) is 10.0. The molecule has 152 valence electrons. The average molecular weight is 413 g/mol. The molecule has 1 fully saturated rings. The third-order valence-corrected chi connectivity index (χ3v) is 6.60. The van der Waals surface area contributed by atoms with Gasteiger partial charge in [0.1, 0.15) is 12.0 Å². The van der Waals surface area contributed by atoms with E-state index in [1.54, 1.807) is 49.8 Å². The van der Waals surface area contributed by atoms with E-state index in [0.29, 0.717) is 24.8 Å². The quantitative estimate of drug-likeness (QED) is 0.665. The Labute approximate surface area is 170 Å². The number of aryl methyl sites for hydroxylation is 1. The highest BCUT2D eigenvalue weighted by Gasteiger charge is 2.30. The third kappa shape index (κ3) is 4.55. The van der Waals surface area contributed by atoms with E-state index in [2.05, 4.69) is 14.7 Å². The lowest BCUT2D eigenvalue weighted by Crippen LogP contribution is -2.36. The van der Waals surface area contributed by atoms with E-state index in [9.17, 15) is 8.42 Å². The van der Waals surface area contributed by atoms with E-state index in [1.807, 2.05) is 12.1 Å².